The van der Waals surface area contributed by atoms with Gasteiger partial charge in [-0.25, -0.2) is 0 Å². The Morgan fingerprint density at radius 2 is 1.65 bits per heavy atom. The summed E-state index contributed by atoms with van der Waals surface area (Å²) in [4.78, 5) is 2.00. The van der Waals surface area contributed by atoms with Crippen LogP contribution in [0.25, 0.3) is 0 Å². The fraction of sp³-hybridized carbons (Fsp3) is 0.600. The van der Waals surface area contributed by atoms with Crippen LogP contribution in [0.2, 0.25) is 0 Å². The number of alkyl halides is 3. The molecule has 1 rings (SSSR count). The molecule has 114 valence electrons. The molecule has 0 amide bonds. The lowest BCUT2D eigenvalue weighted by atomic mass is 10.00. The zero-order valence-electron chi connectivity index (χ0n) is 12.5. The Labute approximate surface area is 119 Å². The highest BCUT2D eigenvalue weighted by Crippen LogP contribution is 2.29. The minimum atomic E-state index is -4.18. The van der Waals surface area contributed by atoms with Crippen molar-refractivity contribution in [3.05, 3.63) is 35.9 Å². The highest BCUT2D eigenvalue weighted by molar-refractivity contribution is 5.19. The number of hydrogen-bond acceptors (Lipinski definition) is 2. The molecule has 1 aromatic carbocycles. The minimum absolute atomic E-state index is 0.210. The van der Waals surface area contributed by atoms with Crippen LogP contribution in [0.4, 0.5) is 13.2 Å². The third-order valence-corrected chi connectivity index (χ3v) is 3.63. The van der Waals surface area contributed by atoms with Gasteiger partial charge < -0.3 is 10.2 Å². The number of halogens is 3. The molecule has 0 saturated heterocycles. The van der Waals surface area contributed by atoms with Crippen LogP contribution in [0.3, 0.4) is 0 Å². The summed E-state index contributed by atoms with van der Waals surface area (Å²) in [5.74, 6) is 0. The Kier molecular flexibility index (Phi) is 5.59. The predicted molar refractivity (Wildman–Crippen MR) is 75.6 cm³/mol. The molecule has 0 aliphatic carbocycles. The maximum absolute atomic E-state index is 12.7. The van der Waals surface area contributed by atoms with Gasteiger partial charge in [0.1, 0.15) is 0 Å². The van der Waals surface area contributed by atoms with Crippen LogP contribution < -0.4 is 5.32 Å². The SMILES string of the molecule is CN(C)C(C)(C)CNC(CC(F)(F)F)c1ccccc1. The fourth-order valence-electron chi connectivity index (χ4n) is 1.76. The van der Waals surface area contributed by atoms with E-state index in [-0.39, 0.29) is 5.54 Å². The molecule has 0 heterocycles. The summed E-state index contributed by atoms with van der Waals surface area (Å²) >= 11 is 0. The third kappa shape index (κ3) is 5.51. The zero-order chi connectivity index (χ0) is 15.4. The van der Waals surface area contributed by atoms with E-state index in [4.69, 9.17) is 0 Å². The molecule has 0 bridgehead atoms. The van der Waals surface area contributed by atoms with E-state index in [1.54, 1.807) is 30.3 Å². The zero-order valence-corrected chi connectivity index (χ0v) is 12.5. The van der Waals surface area contributed by atoms with E-state index in [9.17, 15) is 13.2 Å². The molecule has 0 aliphatic rings. The maximum Gasteiger partial charge on any atom is 0.390 e. The average molecular weight is 288 g/mol. The van der Waals surface area contributed by atoms with Crippen molar-refractivity contribution >= 4 is 0 Å². The molecule has 0 spiro atoms. The van der Waals surface area contributed by atoms with E-state index >= 15 is 0 Å². The molecule has 0 saturated carbocycles. The molecule has 0 aliphatic heterocycles. The number of rotatable bonds is 6. The number of nitrogens with one attached hydrogen (secondary N) is 1. The van der Waals surface area contributed by atoms with E-state index in [1.165, 1.54) is 0 Å². The summed E-state index contributed by atoms with van der Waals surface area (Å²) in [6.07, 6.45) is -5.05. The molecule has 1 aromatic rings. The molecular weight excluding hydrogens is 265 g/mol. The summed E-state index contributed by atoms with van der Waals surface area (Å²) < 4.78 is 38.2. The lowest BCUT2D eigenvalue weighted by Gasteiger charge is -2.34. The van der Waals surface area contributed by atoms with Gasteiger partial charge in [0.15, 0.2) is 0 Å². The van der Waals surface area contributed by atoms with Crippen LogP contribution in [-0.4, -0.2) is 37.3 Å². The first kappa shape index (κ1) is 17.0. The van der Waals surface area contributed by atoms with Gasteiger partial charge in [0.2, 0.25) is 0 Å². The minimum Gasteiger partial charge on any atom is -0.308 e. The largest absolute Gasteiger partial charge is 0.390 e. The first-order valence-electron chi connectivity index (χ1n) is 6.64. The average Bonchev–Trinajstić information content (AvgIpc) is 2.34. The lowest BCUT2D eigenvalue weighted by molar-refractivity contribution is -0.140. The molecule has 2 nitrogen and oxygen atoms in total. The van der Waals surface area contributed by atoms with E-state index < -0.39 is 18.6 Å². The topological polar surface area (TPSA) is 15.3 Å². The Morgan fingerprint density at radius 1 is 1.10 bits per heavy atom. The van der Waals surface area contributed by atoms with Crippen LogP contribution in [0.1, 0.15) is 31.9 Å². The second-order valence-electron chi connectivity index (χ2n) is 5.87. The number of hydrogen-bond donors (Lipinski definition) is 1. The van der Waals surface area contributed by atoms with Crippen molar-refractivity contribution in [3.8, 4) is 0 Å². The molecule has 1 N–H and O–H groups in total. The van der Waals surface area contributed by atoms with Crippen molar-refractivity contribution in [1.29, 1.82) is 0 Å². The summed E-state index contributed by atoms with van der Waals surface area (Å²) in [5, 5.41) is 3.05. The van der Waals surface area contributed by atoms with E-state index in [1.807, 2.05) is 32.8 Å². The van der Waals surface area contributed by atoms with Crippen molar-refractivity contribution in [2.24, 2.45) is 0 Å². The molecule has 0 aromatic heterocycles. The van der Waals surface area contributed by atoms with Gasteiger partial charge in [-0.15, -0.1) is 0 Å². The van der Waals surface area contributed by atoms with Crippen molar-refractivity contribution < 1.29 is 13.2 Å². The third-order valence-electron chi connectivity index (χ3n) is 3.63. The standard InChI is InChI=1S/C15H23F3N2/c1-14(2,20(3)4)11-19-13(10-15(16,17)18)12-8-6-5-7-9-12/h5-9,13,19H,10-11H2,1-4H3. The molecule has 1 unspecified atom stereocenters. The highest BCUT2D eigenvalue weighted by Gasteiger charge is 2.33. The quantitative estimate of drug-likeness (QED) is 0.860. The van der Waals surface area contributed by atoms with Crippen molar-refractivity contribution in [2.45, 2.75) is 38.0 Å². The van der Waals surface area contributed by atoms with Crippen LogP contribution in [0.15, 0.2) is 30.3 Å². The normalized spacial score (nSPS) is 14.6. The van der Waals surface area contributed by atoms with Gasteiger partial charge >= 0.3 is 6.18 Å². The van der Waals surface area contributed by atoms with E-state index in [2.05, 4.69) is 5.32 Å². The second kappa shape index (κ2) is 6.59. The maximum atomic E-state index is 12.7. The number of benzene rings is 1. The molecule has 0 radical (unpaired) electrons. The van der Waals surface area contributed by atoms with Crippen LogP contribution >= 0.6 is 0 Å². The van der Waals surface area contributed by atoms with Crippen LogP contribution in [-0.2, 0) is 0 Å². The number of nitrogens with zero attached hydrogens (tertiary/aromatic N) is 1. The molecule has 20 heavy (non-hydrogen) atoms. The van der Waals surface area contributed by atoms with Gasteiger partial charge in [-0.2, -0.15) is 13.2 Å². The van der Waals surface area contributed by atoms with Gasteiger partial charge in [-0.3, -0.25) is 0 Å². The van der Waals surface area contributed by atoms with E-state index in [0.717, 1.165) is 0 Å². The van der Waals surface area contributed by atoms with E-state index in [0.29, 0.717) is 12.1 Å². The summed E-state index contributed by atoms with van der Waals surface area (Å²) in [6.45, 7) is 4.47. The highest BCUT2D eigenvalue weighted by atomic mass is 19.4. The molecular formula is C15H23F3N2. The Morgan fingerprint density at radius 3 is 2.10 bits per heavy atom. The van der Waals surface area contributed by atoms with Gasteiger partial charge in [-0.1, -0.05) is 30.3 Å². The predicted octanol–water partition coefficient (Wildman–Crippen LogP) is 3.61. The van der Waals surface area contributed by atoms with Gasteiger partial charge in [0, 0.05) is 18.1 Å². The number of likely N-dealkylation sites (N-methyl/N-ethyl adjacent to an activating group) is 1. The first-order chi connectivity index (χ1) is 9.12. The smallest absolute Gasteiger partial charge is 0.308 e. The van der Waals surface area contributed by atoms with Crippen molar-refractivity contribution in [1.82, 2.24) is 10.2 Å². The van der Waals surface area contributed by atoms with Crippen molar-refractivity contribution in [3.63, 3.8) is 0 Å². The first-order valence-corrected chi connectivity index (χ1v) is 6.64. The summed E-state index contributed by atoms with van der Waals surface area (Å²) in [5.41, 5.74) is 0.456. The summed E-state index contributed by atoms with van der Waals surface area (Å²) in [6, 6.07) is 8.07. The second-order valence-corrected chi connectivity index (χ2v) is 5.87. The Hall–Kier alpha value is -1.07. The Bertz CT molecular complexity index is 399. The fourth-order valence-corrected chi connectivity index (χ4v) is 1.76. The molecule has 5 heteroatoms. The van der Waals surface area contributed by atoms with Crippen molar-refractivity contribution in [2.75, 3.05) is 20.6 Å². The lowest BCUT2D eigenvalue weighted by Crippen LogP contribution is -2.47. The van der Waals surface area contributed by atoms with Crippen LogP contribution in [0.5, 0.6) is 0 Å². The molecule has 0 fully saturated rings. The van der Waals surface area contributed by atoms with Crippen LogP contribution in [0, 0.1) is 0 Å². The Balaban J connectivity index is 2.80. The van der Waals surface area contributed by atoms with Gasteiger partial charge in [-0.05, 0) is 33.5 Å². The monoisotopic (exact) mass is 288 g/mol. The summed E-state index contributed by atoms with van der Waals surface area (Å²) in [7, 11) is 3.84. The van der Waals surface area contributed by atoms with Gasteiger partial charge in [0.25, 0.3) is 0 Å². The molecule has 1 atom stereocenters. The van der Waals surface area contributed by atoms with Gasteiger partial charge in [0.05, 0.1) is 6.42 Å².